The summed E-state index contributed by atoms with van der Waals surface area (Å²) in [4.78, 5) is 38.7. The van der Waals surface area contributed by atoms with Gasteiger partial charge in [-0.3, -0.25) is 14.9 Å². The highest BCUT2D eigenvalue weighted by molar-refractivity contribution is 7.87. The van der Waals surface area contributed by atoms with Gasteiger partial charge in [-0.25, -0.2) is 9.69 Å². The van der Waals surface area contributed by atoms with Crippen LogP contribution in [0, 0.1) is 0 Å². The molecule has 14 heteroatoms. The number of nitrogens with one attached hydrogen (secondary N) is 1. The molecule has 190 valence electrons. The van der Waals surface area contributed by atoms with Crippen LogP contribution >= 0.6 is 58.0 Å². The molecular weight excluding hydrogens is 610 g/mol. The molecule has 4 rings (SSSR count). The van der Waals surface area contributed by atoms with Gasteiger partial charge in [-0.05, 0) is 60.7 Å². The average Bonchev–Trinajstić information content (AvgIpc) is 2.81. The van der Waals surface area contributed by atoms with Crippen molar-refractivity contribution in [3.05, 3.63) is 90.8 Å². The van der Waals surface area contributed by atoms with Gasteiger partial charge in [0.25, 0.3) is 11.8 Å². The monoisotopic (exact) mass is 618 g/mol. The number of halogens is 5. The van der Waals surface area contributed by atoms with Crippen LogP contribution in [0.4, 0.5) is 10.5 Å². The van der Waals surface area contributed by atoms with E-state index in [2.05, 4.69) is 0 Å². The number of barbiturate groups is 1. The minimum Gasteiger partial charge on any atom is -0.377 e. The standard InChI is InChI=1S/C23H11Cl5N2O6S/c24-12-1-4-15(5-2-12)37(34,35)36-20-11(7-13(25)9-19(20)28)8-16-21(31)29-23(33)30(22(16)32)14-3-6-17(26)18(27)10-14/h1-10H,(H,29,31,33)/b16-8+. The fourth-order valence-electron chi connectivity index (χ4n) is 3.21. The van der Waals surface area contributed by atoms with E-state index in [9.17, 15) is 22.8 Å². The van der Waals surface area contributed by atoms with Gasteiger partial charge in [0.05, 0.1) is 20.8 Å². The predicted octanol–water partition coefficient (Wildman–Crippen LogP) is 6.39. The van der Waals surface area contributed by atoms with Crippen LogP contribution in [0.25, 0.3) is 6.08 Å². The van der Waals surface area contributed by atoms with Gasteiger partial charge in [0.15, 0.2) is 5.75 Å². The van der Waals surface area contributed by atoms with Crippen molar-refractivity contribution in [2.75, 3.05) is 4.90 Å². The lowest BCUT2D eigenvalue weighted by Crippen LogP contribution is -2.54. The molecule has 0 atom stereocenters. The van der Waals surface area contributed by atoms with Gasteiger partial charge >= 0.3 is 16.1 Å². The first kappa shape index (κ1) is 27.3. The maximum atomic E-state index is 13.2. The largest absolute Gasteiger partial charge is 0.377 e. The zero-order valence-corrected chi connectivity index (χ0v) is 22.6. The van der Waals surface area contributed by atoms with Gasteiger partial charge in [-0.1, -0.05) is 58.0 Å². The first-order valence-electron chi connectivity index (χ1n) is 9.93. The van der Waals surface area contributed by atoms with Gasteiger partial charge in [0, 0.05) is 15.6 Å². The van der Waals surface area contributed by atoms with Crippen LogP contribution in [0.15, 0.2) is 65.1 Å². The SMILES string of the molecule is O=C1NC(=O)N(c2ccc(Cl)c(Cl)c2)C(=O)/C1=C/c1cc(Cl)cc(Cl)c1OS(=O)(=O)c1ccc(Cl)cc1. The second-order valence-electron chi connectivity index (χ2n) is 7.35. The van der Waals surface area contributed by atoms with Crippen molar-refractivity contribution in [2.45, 2.75) is 4.90 Å². The minimum atomic E-state index is -4.42. The highest BCUT2D eigenvalue weighted by Crippen LogP contribution is 2.37. The van der Waals surface area contributed by atoms with Gasteiger partial charge in [0.1, 0.15) is 10.5 Å². The van der Waals surface area contributed by atoms with Crippen LogP contribution in [0.1, 0.15) is 5.56 Å². The number of nitrogens with zero attached hydrogens (tertiary/aromatic N) is 1. The van der Waals surface area contributed by atoms with Gasteiger partial charge in [-0.2, -0.15) is 8.42 Å². The maximum Gasteiger partial charge on any atom is 0.339 e. The fraction of sp³-hybridized carbons (Fsp3) is 0. The summed E-state index contributed by atoms with van der Waals surface area (Å²) in [7, 11) is -4.42. The van der Waals surface area contributed by atoms with Crippen molar-refractivity contribution in [1.82, 2.24) is 5.32 Å². The molecule has 1 N–H and O–H groups in total. The minimum absolute atomic E-state index is 0.0289. The first-order valence-corrected chi connectivity index (χ1v) is 13.2. The number of urea groups is 1. The summed E-state index contributed by atoms with van der Waals surface area (Å²) in [6.07, 6.45) is 0.999. The molecule has 0 aliphatic carbocycles. The lowest BCUT2D eigenvalue weighted by Gasteiger charge is -2.26. The second-order valence-corrected chi connectivity index (χ2v) is 11.0. The van der Waals surface area contributed by atoms with Gasteiger partial charge in [0.2, 0.25) is 0 Å². The van der Waals surface area contributed by atoms with Crippen molar-refractivity contribution in [3.8, 4) is 5.75 Å². The smallest absolute Gasteiger partial charge is 0.339 e. The summed E-state index contributed by atoms with van der Waals surface area (Å²) in [6.45, 7) is 0. The Morgan fingerprint density at radius 2 is 1.46 bits per heavy atom. The molecule has 0 aromatic heterocycles. The molecule has 37 heavy (non-hydrogen) atoms. The molecule has 1 saturated heterocycles. The third-order valence-corrected chi connectivity index (χ3v) is 7.62. The van der Waals surface area contributed by atoms with Crippen LogP contribution < -0.4 is 14.4 Å². The van der Waals surface area contributed by atoms with Crippen LogP contribution in [0.5, 0.6) is 5.75 Å². The predicted molar refractivity (Wildman–Crippen MR) is 141 cm³/mol. The molecule has 0 saturated carbocycles. The Labute approximate surface area is 235 Å². The Morgan fingerprint density at radius 3 is 2.11 bits per heavy atom. The van der Waals surface area contributed by atoms with Crippen LogP contribution in [0.3, 0.4) is 0 Å². The number of hydrogen-bond donors (Lipinski definition) is 1. The zero-order valence-electron chi connectivity index (χ0n) is 18.0. The number of carbonyl (C=O) groups is 3. The number of hydrogen-bond acceptors (Lipinski definition) is 6. The van der Waals surface area contributed by atoms with E-state index in [1.807, 2.05) is 5.32 Å². The molecule has 1 aliphatic heterocycles. The highest BCUT2D eigenvalue weighted by Gasteiger charge is 2.37. The van der Waals surface area contributed by atoms with E-state index in [4.69, 9.17) is 62.2 Å². The van der Waals surface area contributed by atoms with E-state index in [1.54, 1.807) is 0 Å². The molecule has 0 spiro atoms. The average molecular weight is 621 g/mol. The zero-order chi connectivity index (χ0) is 27.1. The van der Waals surface area contributed by atoms with Gasteiger partial charge in [-0.15, -0.1) is 0 Å². The number of rotatable bonds is 5. The number of anilines is 1. The highest BCUT2D eigenvalue weighted by atomic mass is 35.5. The summed E-state index contributed by atoms with van der Waals surface area (Å²) < 4.78 is 31.0. The normalized spacial score (nSPS) is 15.2. The van der Waals surface area contributed by atoms with E-state index >= 15 is 0 Å². The molecule has 0 radical (unpaired) electrons. The first-order chi connectivity index (χ1) is 17.4. The molecule has 8 nitrogen and oxygen atoms in total. The summed E-state index contributed by atoms with van der Waals surface area (Å²) >= 11 is 30.0. The van der Waals surface area contributed by atoms with E-state index in [-0.39, 0.29) is 36.2 Å². The van der Waals surface area contributed by atoms with Crippen molar-refractivity contribution in [1.29, 1.82) is 0 Å². The Bertz CT molecular complexity index is 1610. The molecule has 0 bridgehead atoms. The van der Waals surface area contributed by atoms with Crippen LogP contribution in [-0.2, 0) is 19.7 Å². The number of amides is 4. The molecule has 1 fully saturated rings. The van der Waals surface area contributed by atoms with E-state index < -0.39 is 39.3 Å². The topological polar surface area (TPSA) is 110 Å². The van der Waals surface area contributed by atoms with Crippen molar-refractivity contribution in [2.24, 2.45) is 0 Å². The van der Waals surface area contributed by atoms with E-state index in [0.717, 1.165) is 6.08 Å². The number of imide groups is 2. The molecule has 3 aromatic carbocycles. The maximum absolute atomic E-state index is 13.2. The van der Waals surface area contributed by atoms with Crippen LogP contribution in [0.2, 0.25) is 25.1 Å². The summed E-state index contributed by atoms with van der Waals surface area (Å²) in [5, 5.41) is 2.41. The van der Waals surface area contributed by atoms with E-state index in [0.29, 0.717) is 9.92 Å². The summed E-state index contributed by atoms with van der Waals surface area (Å²) in [5.41, 5.74) is -0.643. The summed E-state index contributed by atoms with van der Waals surface area (Å²) in [6, 6.07) is 10.5. The Hall–Kier alpha value is -2.79. The molecule has 0 unspecified atom stereocenters. The second kappa shape index (κ2) is 10.5. The number of carbonyl (C=O) groups excluding carboxylic acids is 3. The van der Waals surface area contributed by atoms with Crippen molar-refractivity contribution in [3.63, 3.8) is 0 Å². The third kappa shape index (κ3) is 5.72. The Kier molecular flexibility index (Phi) is 7.75. The molecule has 4 amide bonds. The Morgan fingerprint density at radius 1 is 0.784 bits per heavy atom. The van der Waals surface area contributed by atoms with Gasteiger partial charge < -0.3 is 4.18 Å². The summed E-state index contributed by atoms with van der Waals surface area (Å²) in [5.74, 6) is -2.49. The third-order valence-electron chi connectivity index (χ3n) is 4.90. The molecule has 1 aliphatic rings. The fourth-order valence-corrected chi connectivity index (χ4v) is 5.19. The lowest BCUT2D eigenvalue weighted by molar-refractivity contribution is -0.122. The van der Waals surface area contributed by atoms with Crippen molar-refractivity contribution >= 4 is 97.7 Å². The van der Waals surface area contributed by atoms with Crippen molar-refractivity contribution < 1.29 is 27.0 Å². The Balaban J connectivity index is 1.79. The quantitative estimate of drug-likeness (QED) is 0.201. The molecule has 3 aromatic rings. The van der Waals surface area contributed by atoms with Crippen LogP contribution in [-0.4, -0.2) is 26.3 Å². The number of benzene rings is 3. The molecule has 1 heterocycles. The van der Waals surface area contributed by atoms with E-state index in [1.165, 1.54) is 54.6 Å². The lowest BCUT2D eigenvalue weighted by atomic mass is 10.1. The molecular formula is C23H11Cl5N2O6S.